The zero-order valence-electron chi connectivity index (χ0n) is 39.0. The third-order valence-electron chi connectivity index (χ3n) is 12.1. The van der Waals surface area contributed by atoms with Crippen molar-refractivity contribution in [1.29, 1.82) is 0 Å². The first-order valence-corrected chi connectivity index (χ1v) is 24.8. The molecule has 352 valence electrons. The molecule has 1 heterocycles. The van der Waals surface area contributed by atoms with Gasteiger partial charge in [-0.2, -0.15) is 0 Å². The normalized spacial score (nSPS) is 19.4. The fourth-order valence-electron chi connectivity index (χ4n) is 8.35. The van der Waals surface area contributed by atoms with Crippen molar-refractivity contribution in [2.24, 2.45) is 5.92 Å². The van der Waals surface area contributed by atoms with Crippen LogP contribution in [0.25, 0.3) is 0 Å². The van der Waals surface area contributed by atoms with Gasteiger partial charge in [0.1, 0.15) is 37.0 Å². The Morgan fingerprint density at radius 1 is 0.689 bits per heavy atom. The number of ether oxygens (including phenoxy) is 2. The van der Waals surface area contributed by atoms with Gasteiger partial charge in [-0.15, -0.1) is 0 Å². The van der Waals surface area contributed by atoms with Crippen LogP contribution in [-0.4, -0.2) is 87.9 Å². The molecule has 2 rings (SSSR count). The van der Waals surface area contributed by atoms with Crippen molar-refractivity contribution in [3.05, 3.63) is 35.9 Å². The number of benzene rings is 1. The number of hydrogen-bond donors (Lipinski definition) is 5. The molecule has 0 saturated carbocycles. The molecule has 0 unspecified atom stereocenters. The molecule has 1 aliphatic heterocycles. The lowest BCUT2D eigenvalue weighted by Gasteiger charge is -2.47. The minimum Gasteiger partial charge on any atom is -0.445 e. The summed E-state index contributed by atoms with van der Waals surface area (Å²) in [5.74, 6) is -0.718. The van der Waals surface area contributed by atoms with Crippen LogP contribution >= 0.6 is 0 Å². The van der Waals surface area contributed by atoms with Crippen LogP contribution in [0.2, 0.25) is 0 Å². The fourth-order valence-corrected chi connectivity index (χ4v) is 8.35. The lowest BCUT2D eigenvalue weighted by atomic mass is 9.94. The molecule has 11 heteroatoms. The summed E-state index contributed by atoms with van der Waals surface area (Å²) >= 11 is 0. The molecule has 1 fully saturated rings. The van der Waals surface area contributed by atoms with E-state index in [-0.39, 0.29) is 24.9 Å². The second-order valence-electron chi connectivity index (χ2n) is 18.1. The molecule has 0 aliphatic carbocycles. The Balaban J connectivity index is 2.06. The van der Waals surface area contributed by atoms with Gasteiger partial charge >= 0.3 is 6.09 Å². The molecule has 1 aromatic rings. The molecule has 5 N–H and O–H groups in total. The highest BCUT2D eigenvalue weighted by atomic mass is 16.6. The van der Waals surface area contributed by atoms with Gasteiger partial charge in [0.25, 0.3) is 0 Å². The Bertz CT molecular complexity index is 1250. The summed E-state index contributed by atoms with van der Waals surface area (Å²) in [7, 11) is 0. The molecule has 3 amide bonds. The number of alkyl carbamates (subject to hydrolysis) is 1. The smallest absolute Gasteiger partial charge is 0.408 e. The Labute approximate surface area is 370 Å². The number of carbonyl (C=O) groups is 3. The van der Waals surface area contributed by atoms with Gasteiger partial charge in [-0.25, -0.2) is 4.79 Å². The van der Waals surface area contributed by atoms with Crippen LogP contribution in [0.5, 0.6) is 0 Å². The number of rotatable bonds is 36. The number of aliphatic hydroxyl groups excluding tert-OH is 3. The van der Waals surface area contributed by atoms with Crippen molar-refractivity contribution in [1.82, 2.24) is 15.5 Å². The van der Waals surface area contributed by atoms with Crippen LogP contribution < -0.4 is 10.6 Å². The van der Waals surface area contributed by atoms with E-state index < -0.39 is 55.2 Å². The van der Waals surface area contributed by atoms with Crippen LogP contribution in [0.4, 0.5) is 4.79 Å². The van der Waals surface area contributed by atoms with E-state index in [2.05, 4.69) is 24.5 Å². The van der Waals surface area contributed by atoms with Gasteiger partial charge in [-0.05, 0) is 30.7 Å². The topological polar surface area (TPSA) is 158 Å². The summed E-state index contributed by atoms with van der Waals surface area (Å²) in [6.07, 6.45) is 24.2. The first kappa shape index (κ1) is 54.4. The molecular weight excluding hydrogens is 771 g/mol. The Morgan fingerprint density at radius 3 is 1.64 bits per heavy atom. The van der Waals surface area contributed by atoms with Crippen LogP contribution in [0.15, 0.2) is 30.3 Å². The van der Waals surface area contributed by atoms with Gasteiger partial charge in [0.15, 0.2) is 6.23 Å². The van der Waals surface area contributed by atoms with Gasteiger partial charge in [-0.1, -0.05) is 206 Å². The standard InChI is InChI=1S/C50H89N3O8/c1-5-7-9-11-13-15-17-18-19-20-21-22-24-26-31-35-44(55)53(36-32-27-25-23-16-14-12-10-8-6-2)49-45(47(57)46(56)43(38-54)61-49)52-48(58)42(37-40(3)4)51-50(59)60-39-41-33-29-28-30-34-41/h28-30,33-34,40,42-43,45-47,49,54,56-57H,5-27,31-32,35-39H2,1-4H3,(H,51,59)(H,52,58)/t42-,43+,45+,46-,47+,49+/m0/s1. The summed E-state index contributed by atoms with van der Waals surface area (Å²) in [4.78, 5) is 42.7. The zero-order valence-corrected chi connectivity index (χ0v) is 39.0. The van der Waals surface area contributed by atoms with Gasteiger partial charge in [0, 0.05) is 13.0 Å². The van der Waals surface area contributed by atoms with E-state index >= 15 is 0 Å². The van der Waals surface area contributed by atoms with Crippen molar-refractivity contribution >= 4 is 17.9 Å². The van der Waals surface area contributed by atoms with Crippen molar-refractivity contribution in [3.8, 4) is 0 Å². The molecule has 0 spiro atoms. The maximum Gasteiger partial charge on any atom is 0.408 e. The maximum absolute atomic E-state index is 14.1. The average molecular weight is 860 g/mol. The predicted molar refractivity (Wildman–Crippen MR) is 246 cm³/mol. The summed E-state index contributed by atoms with van der Waals surface area (Å²) in [6.45, 7) is 8.16. The molecule has 1 aliphatic rings. The molecular formula is C50H89N3O8. The molecule has 61 heavy (non-hydrogen) atoms. The monoisotopic (exact) mass is 860 g/mol. The summed E-state index contributed by atoms with van der Waals surface area (Å²) in [5.41, 5.74) is 0.803. The van der Waals surface area contributed by atoms with E-state index in [4.69, 9.17) is 9.47 Å². The summed E-state index contributed by atoms with van der Waals surface area (Å²) < 4.78 is 11.7. The molecule has 0 radical (unpaired) electrons. The van der Waals surface area contributed by atoms with Crippen LogP contribution in [0.3, 0.4) is 0 Å². The van der Waals surface area contributed by atoms with Crippen molar-refractivity contribution in [3.63, 3.8) is 0 Å². The van der Waals surface area contributed by atoms with Crippen LogP contribution in [0.1, 0.15) is 207 Å². The molecule has 0 aromatic heterocycles. The maximum atomic E-state index is 14.1. The van der Waals surface area contributed by atoms with Gasteiger partial charge in [0.05, 0.1) is 6.61 Å². The highest BCUT2D eigenvalue weighted by molar-refractivity contribution is 5.86. The third kappa shape index (κ3) is 24.1. The van der Waals surface area contributed by atoms with Gasteiger partial charge in [-0.3, -0.25) is 9.59 Å². The molecule has 1 saturated heterocycles. The SMILES string of the molecule is CCCCCCCCCCCCCCCCCC(=O)N(CCCCCCCCCCCC)[C@@H]1O[C@H](CO)[C@H](O)[C@H](O)[C@H]1NC(=O)[C@H](CC(C)C)NC(=O)OCc1ccccc1. The minimum absolute atomic E-state index is 0.0159. The van der Waals surface area contributed by atoms with E-state index in [0.717, 1.165) is 50.5 Å². The lowest BCUT2D eigenvalue weighted by Crippen LogP contribution is -2.70. The fraction of sp³-hybridized carbons (Fsp3) is 0.820. The first-order chi connectivity index (χ1) is 29.6. The van der Waals surface area contributed by atoms with Crippen LogP contribution in [-0.2, 0) is 25.7 Å². The Morgan fingerprint density at radius 2 is 1.16 bits per heavy atom. The number of hydrogen-bond acceptors (Lipinski definition) is 8. The van der Waals surface area contributed by atoms with E-state index in [9.17, 15) is 29.7 Å². The van der Waals surface area contributed by atoms with E-state index in [1.807, 2.05) is 44.2 Å². The Kier molecular flexibility index (Phi) is 31.0. The second kappa shape index (κ2) is 34.7. The third-order valence-corrected chi connectivity index (χ3v) is 12.1. The molecule has 11 nitrogen and oxygen atoms in total. The summed E-state index contributed by atoms with van der Waals surface area (Å²) in [6, 6.07) is 7.01. The number of aliphatic hydroxyl groups is 3. The summed E-state index contributed by atoms with van der Waals surface area (Å²) in [5, 5.41) is 38.2. The first-order valence-electron chi connectivity index (χ1n) is 24.8. The highest BCUT2D eigenvalue weighted by Gasteiger charge is 2.48. The zero-order chi connectivity index (χ0) is 44.5. The van der Waals surface area contributed by atoms with Crippen molar-refractivity contribution < 1.29 is 39.2 Å². The quantitative estimate of drug-likeness (QED) is 0.0418. The second-order valence-corrected chi connectivity index (χ2v) is 18.1. The predicted octanol–water partition coefficient (Wildman–Crippen LogP) is 10.3. The molecule has 0 bridgehead atoms. The van der Waals surface area contributed by atoms with Gasteiger partial charge < -0.3 is 40.3 Å². The largest absolute Gasteiger partial charge is 0.445 e. The average Bonchev–Trinajstić information content (AvgIpc) is 3.25. The van der Waals surface area contributed by atoms with E-state index in [0.29, 0.717) is 19.4 Å². The van der Waals surface area contributed by atoms with E-state index in [1.54, 1.807) is 4.90 Å². The molecule has 1 aromatic carbocycles. The number of unbranched alkanes of at least 4 members (excludes halogenated alkanes) is 23. The molecule has 6 atom stereocenters. The van der Waals surface area contributed by atoms with Crippen molar-refractivity contribution in [2.45, 2.75) is 244 Å². The van der Waals surface area contributed by atoms with Gasteiger partial charge in [0.2, 0.25) is 11.8 Å². The van der Waals surface area contributed by atoms with Crippen molar-refractivity contribution in [2.75, 3.05) is 13.2 Å². The van der Waals surface area contributed by atoms with E-state index in [1.165, 1.54) is 109 Å². The number of nitrogens with one attached hydrogen (secondary N) is 2. The highest BCUT2D eigenvalue weighted by Crippen LogP contribution is 2.26. The lowest BCUT2D eigenvalue weighted by molar-refractivity contribution is -0.231. The number of carbonyl (C=O) groups excluding carboxylic acids is 3. The van der Waals surface area contributed by atoms with Crippen LogP contribution in [0, 0.1) is 5.92 Å². The minimum atomic E-state index is -1.54. The number of nitrogens with zero attached hydrogens (tertiary/aromatic N) is 1. The number of amides is 3. The Hall–Kier alpha value is -2.73.